The van der Waals surface area contributed by atoms with Crippen molar-refractivity contribution in [3.05, 3.63) is 131 Å². The van der Waals surface area contributed by atoms with E-state index in [4.69, 9.17) is 18.9 Å². The number of hydrogen-bond acceptors (Lipinski definition) is 14. The van der Waals surface area contributed by atoms with Crippen LogP contribution in [0.1, 0.15) is 33.9 Å². The first-order valence-electron chi connectivity index (χ1n) is 23.3. The Kier molecular flexibility index (Phi) is 19.1. The number of nitrogens with zero attached hydrogens (tertiary/aromatic N) is 4. The van der Waals surface area contributed by atoms with Crippen LogP contribution in [0.4, 0.5) is 9.59 Å². The quantitative estimate of drug-likeness (QED) is 0.0423. The maximum atomic E-state index is 13.2. The average molecular weight is 1060 g/mol. The molecule has 2 N–H and O–H groups in total. The summed E-state index contributed by atoms with van der Waals surface area (Å²) in [6, 6.07) is 27.9. The summed E-state index contributed by atoms with van der Waals surface area (Å²) in [6.45, 7) is 16.2. The number of fused-ring (bicyclic) bond motifs is 2. The lowest BCUT2D eigenvalue weighted by molar-refractivity contribution is -0.143. The van der Waals surface area contributed by atoms with Crippen molar-refractivity contribution in [3.63, 3.8) is 0 Å². The highest BCUT2D eigenvalue weighted by Gasteiger charge is 2.28. The van der Waals surface area contributed by atoms with Gasteiger partial charge in [-0.2, -0.15) is 0 Å². The van der Waals surface area contributed by atoms with E-state index in [-0.39, 0.29) is 37.6 Å². The van der Waals surface area contributed by atoms with Gasteiger partial charge in [0.1, 0.15) is 36.9 Å². The molecule has 388 valence electrons. The molecule has 22 heteroatoms. The van der Waals surface area contributed by atoms with Crippen LogP contribution in [-0.2, 0) is 74.6 Å². The summed E-state index contributed by atoms with van der Waals surface area (Å²) in [5, 5.41) is 5.10. The summed E-state index contributed by atoms with van der Waals surface area (Å²) < 4.78 is 75.3. The summed E-state index contributed by atoms with van der Waals surface area (Å²) in [5.74, 6) is -0.397. The van der Waals surface area contributed by atoms with Crippen LogP contribution in [0.3, 0.4) is 0 Å². The minimum absolute atomic E-state index is 0.0405. The van der Waals surface area contributed by atoms with Gasteiger partial charge in [-0.05, 0) is 72.5 Å². The lowest BCUT2D eigenvalue weighted by Crippen LogP contribution is -2.43. The SMILES string of the molecule is COC(=O)[C@@H](Cc1ccc2c(c1)nc(C)n2S(=O)(=O)CC[Si](C)(C)C)NC(=O)OCc1ccccc1.COC(=O)[C@@H](Cc1ccc2nc(C)n(S(=O)(=O)CC[Si](C)(C)C)c2c1)NC(=O)OCc1ccccc1. The van der Waals surface area contributed by atoms with E-state index in [0.717, 1.165) is 11.1 Å². The minimum atomic E-state index is -3.62. The van der Waals surface area contributed by atoms with Crippen molar-refractivity contribution in [2.75, 3.05) is 25.7 Å². The molecule has 2 aromatic heterocycles. The van der Waals surface area contributed by atoms with Crippen LogP contribution in [0.25, 0.3) is 22.1 Å². The van der Waals surface area contributed by atoms with E-state index >= 15 is 0 Å². The van der Waals surface area contributed by atoms with E-state index in [0.29, 0.717) is 56.9 Å². The lowest BCUT2D eigenvalue weighted by Gasteiger charge is -2.18. The molecule has 0 saturated carbocycles. The van der Waals surface area contributed by atoms with Crippen LogP contribution in [0.2, 0.25) is 51.4 Å². The first-order valence-corrected chi connectivity index (χ1v) is 33.9. The number of rotatable bonds is 20. The topological polar surface area (TPSA) is 233 Å². The first kappa shape index (κ1) is 56.5. The summed E-state index contributed by atoms with van der Waals surface area (Å²) in [5.41, 5.74) is 4.92. The fourth-order valence-corrected chi connectivity index (χ4v) is 16.5. The maximum Gasteiger partial charge on any atom is 0.408 e. The van der Waals surface area contributed by atoms with Gasteiger partial charge in [-0.15, -0.1) is 0 Å². The summed E-state index contributed by atoms with van der Waals surface area (Å²) in [6.07, 6.45) is -1.30. The second kappa shape index (κ2) is 24.4. The van der Waals surface area contributed by atoms with Gasteiger partial charge in [-0.1, -0.05) is 112 Å². The third-order valence-corrected chi connectivity index (χ3v) is 19.0. The Labute approximate surface area is 423 Å². The van der Waals surface area contributed by atoms with Gasteiger partial charge in [0, 0.05) is 29.0 Å². The third-order valence-electron chi connectivity index (χ3n) is 11.3. The van der Waals surface area contributed by atoms with Gasteiger partial charge < -0.3 is 29.6 Å². The average Bonchev–Trinajstić information content (AvgIpc) is 3.86. The molecule has 0 spiro atoms. The Balaban J connectivity index is 0.000000267. The van der Waals surface area contributed by atoms with Crippen molar-refractivity contribution in [2.24, 2.45) is 0 Å². The first-order chi connectivity index (χ1) is 33.8. The van der Waals surface area contributed by atoms with Crippen LogP contribution < -0.4 is 10.6 Å². The molecule has 18 nitrogen and oxygen atoms in total. The molecular formula is C50H66N6O12S2Si2. The number of hydrogen-bond donors (Lipinski definition) is 2. The highest BCUT2D eigenvalue weighted by Crippen LogP contribution is 2.25. The van der Waals surface area contributed by atoms with Crippen molar-refractivity contribution >= 4 is 82.4 Å². The molecule has 0 aliphatic heterocycles. The van der Waals surface area contributed by atoms with E-state index in [1.54, 1.807) is 50.2 Å². The van der Waals surface area contributed by atoms with E-state index in [1.165, 1.54) is 22.2 Å². The molecule has 0 fully saturated rings. The van der Waals surface area contributed by atoms with Gasteiger partial charge in [0.05, 0.1) is 47.8 Å². The molecule has 0 saturated heterocycles. The Hall–Kier alpha value is -6.37. The fourth-order valence-electron chi connectivity index (χ4n) is 7.41. The van der Waals surface area contributed by atoms with Crippen LogP contribution in [0.5, 0.6) is 0 Å². The van der Waals surface area contributed by atoms with Crippen molar-refractivity contribution in [1.82, 2.24) is 28.5 Å². The van der Waals surface area contributed by atoms with Crippen molar-refractivity contribution in [3.8, 4) is 0 Å². The maximum absolute atomic E-state index is 13.2. The molecule has 0 aliphatic rings. The number of ether oxygens (including phenoxy) is 4. The molecular weight excluding hydrogens is 997 g/mol. The van der Waals surface area contributed by atoms with E-state index in [2.05, 4.69) is 59.9 Å². The summed E-state index contributed by atoms with van der Waals surface area (Å²) >= 11 is 0. The van der Waals surface area contributed by atoms with Crippen LogP contribution >= 0.6 is 0 Å². The van der Waals surface area contributed by atoms with Crippen LogP contribution in [0.15, 0.2) is 97.1 Å². The number of esters is 2. The molecule has 72 heavy (non-hydrogen) atoms. The molecule has 6 aromatic rings. The fraction of sp³-hybridized carbons (Fsp3) is 0.400. The number of aromatic nitrogens is 4. The van der Waals surface area contributed by atoms with Gasteiger partial charge in [0.15, 0.2) is 0 Å². The third kappa shape index (κ3) is 16.3. The number of benzene rings is 4. The van der Waals surface area contributed by atoms with Gasteiger partial charge in [-0.25, -0.2) is 53.9 Å². The highest BCUT2D eigenvalue weighted by molar-refractivity contribution is 7.90. The zero-order chi connectivity index (χ0) is 53.0. The standard InChI is InChI=1S/2C25H33N3O6SSi/c1-18-26-21-15-20(11-12-23(21)28(18)35(31,32)13-14-36(3,4)5)16-22(24(29)33-2)27-25(30)34-17-19-9-7-6-8-10-19;1-18-26-21-12-11-20(16-23(21)28(18)35(31,32)13-14-36(3,4)5)15-22(24(29)33-2)27-25(30)34-17-19-9-7-6-8-10-19/h6-12,15,22H,13-14,16-17H2,1-5H3,(H,27,30);6-12,16,22H,13-15,17H2,1-5H3,(H,27,30)/t2*22-/m11/s1. The molecule has 0 bridgehead atoms. The predicted octanol–water partition coefficient (Wildman–Crippen LogP) is 7.74. The monoisotopic (exact) mass is 1060 g/mol. The van der Waals surface area contributed by atoms with Crippen molar-refractivity contribution < 1.29 is 55.0 Å². The Bertz CT molecular complexity index is 3080. The minimum Gasteiger partial charge on any atom is -0.467 e. The molecule has 0 unspecified atom stereocenters. The molecule has 2 heterocycles. The van der Waals surface area contributed by atoms with Gasteiger partial charge >= 0.3 is 24.1 Å². The van der Waals surface area contributed by atoms with Gasteiger partial charge in [0.2, 0.25) is 20.0 Å². The largest absolute Gasteiger partial charge is 0.467 e. The van der Waals surface area contributed by atoms with Gasteiger partial charge in [0.25, 0.3) is 0 Å². The summed E-state index contributed by atoms with van der Waals surface area (Å²) in [4.78, 5) is 58.3. The normalized spacial score (nSPS) is 12.8. The molecule has 0 aliphatic carbocycles. The van der Waals surface area contributed by atoms with E-state index in [9.17, 15) is 36.0 Å². The van der Waals surface area contributed by atoms with Crippen LogP contribution in [0, 0.1) is 13.8 Å². The number of aryl methyl sites for hydroxylation is 2. The lowest BCUT2D eigenvalue weighted by atomic mass is 10.1. The second-order valence-electron chi connectivity index (χ2n) is 19.7. The molecule has 4 aromatic carbocycles. The molecule has 0 radical (unpaired) electrons. The van der Waals surface area contributed by atoms with E-state index < -0.39 is 72.4 Å². The Morgan fingerprint density at radius 1 is 0.542 bits per heavy atom. The highest BCUT2D eigenvalue weighted by atomic mass is 32.2. The molecule has 2 atom stereocenters. The van der Waals surface area contributed by atoms with Gasteiger partial charge in [-0.3, -0.25) is 0 Å². The number of amides is 2. The van der Waals surface area contributed by atoms with E-state index in [1.807, 2.05) is 60.7 Å². The van der Waals surface area contributed by atoms with Crippen LogP contribution in [-0.4, -0.2) is 113 Å². The zero-order valence-corrected chi connectivity index (χ0v) is 46.2. The number of methoxy groups -OCH3 is 2. The summed E-state index contributed by atoms with van der Waals surface area (Å²) in [7, 11) is -7.83. The number of nitrogens with one attached hydrogen (secondary N) is 2. The zero-order valence-electron chi connectivity index (χ0n) is 42.6. The number of carbonyl (C=O) groups excluding carboxylic acids is 4. The van der Waals surface area contributed by atoms with Crippen molar-refractivity contribution in [2.45, 2.75) is 103 Å². The van der Waals surface area contributed by atoms with Crippen molar-refractivity contribution in [1.29, 1.82) is 0 Å². The smallest absolute Gasteiger partial charge is 0.408 e. The number of imidazole rings is 2. The molecule has 2 amide bonds. The predicted molar refractivity (Wildman–Crippen MR) is 282 cm³/mol. The second-order valence-corrected chi connectivity index (χ2v) is 34.8. The number of alkyl carbamates (subject to hydrolysis) is 2. The Morgan fingerprint density at radius 3 is 1.38 bits per heavy atom. The Morgan fingerprint density at radius 2 is 0.944 bits per heavy atom. The molecule has 6 rings (SSSR count). The number of carbonyl (C=O) groups is 4.